The Kier molecular flexibility index (Phi) is 7.74. The lowest BCUT2D eigenvalue weighted by Gasteiger charge is -2.18. The van der Waals surface area contributed by atoms with E-state index >= 15 is 0 Å². The minimum Gasteiger partial charge on any atom is -0.495 e. The van der Waals surface area contributed by atoms with Crippen molar-refractivity contribution in [3.63, 3.8) is 0 Å². The van der Waals surface area contributed by atoms with E-state index in [1.807, 2.05) is 6.92 Å². The molecule has 2 aromatic carbocycles. The molecule has 3 N–H and O–H groups in total. The smallest absolute Gasteiger partial charge is 0.279 e. The average molecular weight is 421 g/mol. The van der Waals surface area contributed by atoms with Crippen molar-refractivity contribution in [2.24, 2.45) is 0 Å². The van der Waals surface area contributed by atoms with Crippen LogP contribution in [0.25, 0.3) is 0 Å². The molecule has 0 bridgehead atoms. The molecular weight excluding hydrogens is 394 g/mol. The summed E-state index contributed by atoms with van der Waals surface area (Å²) in [5.41, 5.74) is 0.788. The van der Waals surface area contributed by atoms with Crippen LogP contribution in [0.1, 0.15) is 6.92 Å². The van der Waals surface area contributed by atoms with Crippen molar-refractivity contribution in [1.82, 2.24) is 0 Å². The number of rotatable bonds is 9. The number of ether oxygens (including phenoxy) is 1. The molecule has 29 heavy (non-hydrogen) atoms. The van der Waals surface area contributed by atoms with Crippen LogP contribution in [0, 0.1) is 0 Å². The summed E-state index contributed by atoms with van der Waals surface area (Å²) in [6.07, 6.45) is 1.09. The van der Waals surface area contributed by atoms with E-state index in [1.54, 1.807) is 36.4 Å². The largest absolute Gasteiger partial charge is 0.495 e. The molecule has 0 fully saturated rings. The van der Waals surface area contributed by atoms with Crippen LogP contribution < -0.4 is 20.3 Å². The molecule has 0 aliphatic heterocycles. The third-order valence-corrected chi connectivity index (χ3v) is 5.42. The van der Waals surface area contributed by atoms with E-state index in [1.165, 1.54) is 19.2 Å². The molecule has 0 aliphatic carbocycles. The van der Waals surface area contributed by atoms with Crippen LogP contribution in [0.3, 0.4) is 0 Å². The maximum atomic E-state index is 12.4. The van der Waals surface area contributed by atoms with Gasteiger partial charge >= 0.3 is 0 Å². The van der Waals surface area contributed by atoms with E-state index < -0.39 is 9.84 Å². The van der Waals surface area contributed by atoms with E-state index in [-0.39, 0.29) is 35.5 Å². The number of nitrogens with one attached hydrogen (secondary N) is 3. The minimum atomic E-state index is -3.47. The molecule has 8 nitrogen and oxygen atoms in total. The lowest BCUT2D eigenvalue weighted by molar-refractivity contribution is -0.881. The maximum absolute atomic E-state index is 12.4. The molecule has 0 saturated heterocycles. The zero-order valence-electron chi connectivity index (χ0n) is 16.7. The summed E-state index contributed by atoms with van der Waals surface area (Å²) in [5.74, 6) is -0.0762. The van der Waals surface area contributed by atoms with Crippen molar-refractivity contribution >= 4 is 33.0 Å². The number of amides is 2. The van der Waals surface area contributed by atoms with E-state index in [2.05, 4.69) is 10.6 Å². The second-order valence-corrected chi connectivity index (χ2v) is 8.51. The maximum Gasteiger partial charge on any atom is 0.279 e. The summed E-state index contributed by atoms with van der Waals surface area (Å²) in [6, 6.07) is 13.3. The van der Waals surface area contributed by atoms with Crippen molar-refractivity contribution in [1.29, 1.82) is 0 Å². The van der Waals surface area contributed by atoms with Crippen molar-refractivity contribution in [2.45, 2.75) is 11.8 Å². The van der Waals surface area contributed by atoms with Crippen LogP contribution in [0.4, 0.5) is 11.4 Å². The molecule has 2 rings (SSSR count). The quantitative estimate of drug-likeness (QED) is 0.550. The van der Waals surface area contributed by atoms with Gasteiger partial charge in [-0.15, -0.1) is 0 Å². The number of methoxy groups -OCH3 is 1. The molecular formula is C20H26N3O5S+. The van der Waals surface area contributed by atoms with Gasteiger partial charge in [0.2, 0.25) is 0 Å². The second kappa shape index (κ2) is 10.0. The monoisotopic (exact) mass is 420 g/mol. The first kappa shape index (κ1) is 22.4. The van der Waals surface area contributed by atoms with Crippen molar-refractivity contribution < 1.29 is 27.6 Å². The standard InChI is InChI=1S/C20H25N3O5S/c1-4-23(13-19(24)21-15-9-5-7-11-17(15)28-2)14-20(25)22-16-10-6-8-12-18(16)29(3,26)27/h5-12H,4,13-14H2,1-3H3,(H,21,24)(H,22,25)/p+1. The predicted molar refractivity (Wildman–Crippen MR) is 111 cm³/mol. The summed E-state index contributed by atoms with van der Waals surface area (Å²) in [6.45, 7) is 2.51. The number of para-hydroxylation sites is 3. The lowest BCUT2D eigenvalue weighted by Crippen LogP contribution is -3.13. The third-order valence-electron chi connectivity index (χ3n) is 4.26. The topological polar surface area (TPSA) is 106 Å². The number of carbonyl (C=O) groups is 2. The highest BCUT2D eigenvalue weighted by Gasteiger charge is 2.20. The molecule has 2 amide bonds. The summed E-state index contributed by atoms with van der Waals surface area (Å²) in [5, 5.41) is 5.41. The molecule has 1 unspecified atom stereocenters. The van der Waals surface area contributed by atoms with E-state index in [0.29, 0.717) is 18.0 Å². The van der Waals surface area contributed by atoms with Gasteiger partial charge in [-0.25, -0.2) is 8.42 Å². The molecule has 9 heteroatoms. The number of sulfone groups is 1. The number of carbonyl (C=O) groups excluding carboxylic acids is 2. The predicted octanol–water partition coefficient (Wildman–Crippen LogP) is 0.581. The lowest BCUT2D eigenvalue weighted by atomic mass is 10.3. The first-order valence-electron chi connectivity index (χ1n) is 9.10. The Morgan fingerprint density at radius 3 is 2.00 bits per heavy atom. The number of quaternary nitrogens is 1. The number of likely N-dealkylation sites (N-methyl/N-ethyl adjacent to an activating group) is 1. The summed E-state index contributed by atoms with van der Waals surface area (Å²) in [4.78, 5) is 25.6. The van der Waals surface area contributed by atoms with Gasteiger partial charge in [0.05, 0.1) is 29.9 Å². The molecule has 156 valence electrons. The van der Waals surface area contributed by atoms with Crippen molar-refractivity contribution in [3.05, 3.63) is 48.5 Å². The van der Waals surface area contributed by atoms with Gasteiger partial charge in [0, 0.05) is 6.26 Å². The van der Waals surface area contributed by atoms with Gasteiger partial charge in [0.25, 0.3) is 11.8 Å². The Balaban J connectivity index is 1.99. The van der Waals surface area contributed by atoms with Crippen LogP contribution >= 0.6 is 0 Å². The Bertz CT molecular complexity index is 976. The van der Waals surface area contributed by atoms with E-state index in [0.717, 1.165) is 11.2 Å². The zero-order valence-corrected chi connectivity index (χ0v) is 17.5. The van der Waals surface area contributed by atoms with Crippen molar-refractivity contribution in [3.8, 4) is 5.75 Å². The Morgan fingerprint density at radius 1 is 0.931 bits per heavy atom. The fourth-order valence-corrected chi connectivity index (χ4v) is 3.64. The summed E-state index contributed by atoms with van der Waals surface area (Å²) in [7, 11) is -1.95. The van der Waals surface area contributed by atoms with Crippen LogP contribution in [-0.4, -0.2) is 53.2 Å². The first-order chi connectivity index (χ1) is 13.7. The zero-order chi connectivity index (χ0) is 21.4. The molecule has 0 spiro atoms. The van der Waals surface area contributed by atoms with Crippen LogP contribution in [-0.2, 0) is 19.4 Å². The van der Waals surface area contributed by atoms with E-state index in [4.69, 9.17) is 4.74 Å². The highest BCUT2D eigenvalue weighted by Crippen LogP contribution is 2.22. The number of hydrogen-bond donors (Lipinski definition) is 3. The third kappa shape index (κ3) is 6.58. The normalized spacial score (nSPS) is 12.1. The number of anilines is 2. The van der Waals surface area contributed by atoms with E-state index in [9.17, 15) is 18.0 Å². The molecule has 1 atom stereocenters. The second-order valence-electron chi connectivity index (χ2n) is 6.52. The van der Waals surface area contributed by atoms with Gasteiger partial charge in [-0.05, 0) is 31.2 Å². The van der Waals surface area contributed by atoms with Gasteiger partial charge < -0.3 is 20.3 Å². The van der Waals surface area contributed by atoms with Crippen LogP contribution in [0.15, 0.2) is 53.4 Å². The van der Waals surface area contributed by atoms with Gasteiger partial charge in [-0.1, -0.05) is 24.3 Å². The number of benzene rings is 2. The van der Waals surface area contributed by atoms with Gasteiger partial charge in [0.15, 0.2) is 22.9 Å². The Hall–Kier alpha value is -2.91. The van der Waals surface area contributed by atoms with Crippen LogP contribution in [0.2, 0.25) is 0 Å². The van der Waals surface area contributed by atoms with Gasteiger partial charge in [-0.3, -0.25) is 9.59 Å². The van der Waals surface area contributed by atoms with Crippen molar-refractivity contribution in [2.75, 3.05) is 43.6 Å². The minimum absolute atomic E-state index is 0.0218. The number of hydrogen-bond acceptors (Lipinski definition) is 5. The SMILES string of the molecule is CC[NH+](CC(=O)Nc1ccccc1OC)CC(=O)Nc1ccccc1S(C)(=O)=O. The molecule has 0 aliphatic rings. The molecule has 2 aromatic rings. The van der Waals surface area contributed by atoms with Gasteiger partial charge in [-0.2, -0.15) is 0 Å². The first-order valence-corrected chi connectivity index (χ1v) is 11.0. The molecule has 0 radical (unpaired) electrons. The fraction of sp³-hybridized carbons (Fsp3) is 0.300. The Morgan fingerprint density at radius 2 is 1.45 bits per heavy atom. The Labute approximate surface area is 170 Å². The fourth-order valence-electron chi connectivity index (χ4n) is 2.80. The molecule has 0 aromatic heterocycles. The van der Waals surface area contributed by atoms with Crippen LogP contribution in [0.5, 0.6) is 5.75 Å². The highest BCUT2D eigenvalue weighted by molar-refractivity contribution is 7.90. The molecule has 0 heterocycles. The average Bonchev–Trinajstić information content (AvgIpc) is 2.67. The molecule has 0 saturated carbocycles. The highest BCUT2D eigenvalue weighted by atomic mass is 32.2. The summed E-state index contributed by atoms with van der Waals surface area (Å²) >= 11 is 0. The summed E-state index contributed by atoms with van der Waals surface area (Å²) < 4.78 is 28.9. The van der Waals surface area contributed by atoms with Gasteiger partial charge in [0.1, 0.15) is 5.75 Å².